The average molecular weight is 308 g/mol. The predicted octanol–water partition coefficient (Wildman–Crippen LogP) is 5.39. The number of hydrogen-bond acceptors (Lipinski definition) is 1. The van der Waals surface area contributed by atoms with Crippen molar-refractivity contribution in [1.29, 1.82) is 0 Å². The second kappa shape index (κ2) is 6.62. The fourth-order valence-electron chi connectivity index (χ4n) is 2.20. The summed E-state index contributed by atoms with van der Waals surface area (Å²) in [5, 5.41) is 4.86. The standard InChI is InChI=1S/C17H19Cl2N/c1-4-20-10-13-5-6-14(18)9-15(13)16-7-11(2)12(3)8-17(16)19/h5-9,20H,4,10H2,1-3H3. The van der Waals surface area contributed by atoms with Crippen LogP contribution in [0, 0.1) is 13.8 Å². The van der Waals surface area contributed by atoms with Crippen molar-refractivity contribution in [3.8, 4) is 11.1 Å². The van der Waals surface area contributed by atoms with Crippen molar-refractivity contribution >= 4 is 23.2 Å². The highest BCUT2D eigenvalue weighted by atomic mass is 35.5. The molecule has 0 bridgehead atoms. The van der Waals surface area contributed by atoms with E-state index in [2.05, 4.69) is 38.2 Å². The van der Waals surface area contributed by atoms with Crippen molar-refractivity contribution in [2.75, 3.05) is 6.54 Å². The van der Waals surface area contributed by atoms with Crippen LogP contribution in [0.1, 0.15) is 23.6 Å². The fourth-order valence-corrected chi connectivity index (χ4v) is 2.69. The van der Waals surface area contributed by atoms with Crippen LogP contribution in [0.2, 0.25) is 10.0 Å². The molecule has 0 aliphatic carbocycles. The van der Waals surface area contributed by atoms with E-state index >= 15 is 0 Å². The molecule has 1 N–H and O–H groups in total. The summed E-state index contributed by atoms with van der Waals surface area (Å²) in [5.74, 6) is 0. The van der Waals surface area contributed by atoms with Crippen LogP contribution in [0.3, 0.4) is 0 Å². The van der Waals surface area contributed by atoms with Crippen LogP contribution in [-0.4, -0.2) is 6.54 Å². The normalized spacial score (nSPS) is 10.8. The van der Waals surface area contributed by atoms with Crippen molar-refractivity contribution in [1.82, 2.24) is 5.32 Å². The van der Waals surface area contributed by atoms with Gasteiger partial charge in [0.05, 0.1) is 0 Å². The minimum absolute atomic E-state index is 0.731. The Labute approximate surface area is 130 Å². The summed E-state index contributed by atoms with van der Waals surface area (Å²) in [6.07, 6.45) is 0. The van der Waals surface area contributed by atoms with Crippen LogP contribution in [0.15, 0.2) is 30.3 Å². The molecule has 0 aliphatic rings. The van der Waals surface area contributed by atoms with Gasteiger partial charge < -0.3 is 5.32 Å². The topological polar surface area (TPSA) is 12.0 Å². The minimum Gasteiger partial charge on any atom is -0.313 e. The summed E-state index contributed by atoms with van der Waals surface area (Å²) in [7, 11) is 0. The van der Waals surface area contributed by atoms with E-state index in [1.165, 1.54) is 16.7 Å². The molecule has 0 saturated carbocycles. The molecule has 2 aromatic rings. The molecule has 0 radical (unpaired) electrons. The van der Waals surface area contributed by atoms with Gasteiger partial charge in [0, 0.05) is 22.2 Å². The molecule has 3 heteroatoms. The molecule has 20 heavy (non-hydrogen) atoms. The van der Waals surface area contributed by atoms with Crippen molar-refractivity contribution in [2.24, 2.45) is 0 Å². The molecule has 1 nitrogen and oxygen atoms in total. The van der Waals surface area contributed by atoms with Crippen LogP contribution < -0.4 is 5.32 Å². The molecule has 0 fully saturated rings. The van der Waals surface area contributed by atoms with E-state index in [1.807, 2.05) is 18.2 Å². The Morgan fingerprint density at radius 1 is 0.950 bits per heavy atom. The molecule has 2 aromatic carbocycles. The lowest BCUT2D eigenvalue weighted by Crippen LogP contribution is -2.12. The molecular weight excluding hydrogens is 289 g/mol. The second-order valence-corrected chi connectivity index (χ2v) is 5.84. The van der Waals surface area contributed by atoms with Gasteiger partial charge in [0.25, 0.3) is 0 Å². The zero-order valence-corrected chi connectivity index (χ0v) is 13.6. The molecule has 0 heterocycles. The van der Waals surface area contributed by atoms with Crippen LogP contribution >= 0.6 is 23.2 Å². The van der Waals surface area contributed by atoms with Gasteiger partial charge in [-0.05, 0) is 66.9 Å². The molecular formula is C17H19Cl2N. The Morgan fingerprint density at radius 3 is 2.35 bits per heavy atom. The maximum atomic E-state index is 6.43. The van der Waals surface area contributed by atoms with Gasteiger partial charge in [-0.1, -0.05) is 36.2 Å². The highest BCUT2D eigenvalue weighted by Gasteiger charge is 2.11. The Bertz CT molecular complexity index is 621. The smallest absolute Gasteiger partial charge is 0.0487 e. The van der Waals surface area contributed by atoms with E-state index in [1.54, 1.807) is 0 Å². The predicted molar refractivity (Wildman–Crippen MR) is 88.8 cm³/mol. The van der Waals surface area contributed by atoms with E-state index in [4.69, 9.17) is 23.2 Å². The van der Waals surface area contributed by atoms with Gasteiger partial charge in [-0.3, -0.25) is 0 Å². The first-order chi connectivity index (χ1) is 9.52. The maximum Gasteiger partial charge on any atom is 0.0487 e. The molecule has 0 aromatic heterocycles. The Kier molecular flexibility index (Phi) is 5.09. The SMILES string of the molecule is CCNCc1ccc(Cl)cc1-c1cc(C)c(C)cc1Cl. The van der Waals surface area contributed by atoms with E-state index in [0.717, 1.165) is 34.3 Å². The Morgan fingerprint density at radius 2 is 1.65 bits per heavy atom. The van der Waals surface area contributed by atoms with Gasteiger partial charge in [-0.2, -0.15) is 0 Å². The first-order valence-corrected chi connectivity index (χ1v) is 7.54. The lowest BCUT2D eigenvalue weighted by molar-refractivity contribution is 0.728. The lowest BCUT2D eigenvalue weighted by atomic mass is 9.96. The summed E-state index contributed by atoms with van der Waals surface area (Å²) >= 11 is 12.6. The summed E-state index contributed by atoms with van der Waals surface area (Å²) in [4.78, 5) is 0. The maximum absolute atomic E-state index is 6.43. The first-order valence-electron chi connectivity index (χ1n) is 6.79. The fraction of sp³-hybridized carbons (Fsp3) is 0.294. The molecule has 0 spiro atoms. The quantitative estimate of drug-likeness (QED) is 0.799. The molecule has 0 atom stereocenters. The van der Waals surface area contributed by atoms with Gasteiger partial charge in [-0.15, -0.1) is 0 Å². The largest absolute Gasteiger partial charge is 0.313 e. The number of benzene rings is 2. The van der Waals surface area contributed by atoms with Crippen LogP contribution in [0.25, 0.3) is 11.1 Å². The van der Waals surface area contributed by atoms with E-state index < -0.39 is 0 Å². The summed E-state index contributed by atoms with van der Waals surface area (Å²) in [6, 6.07) is 10.1. The Balaban J connectivity index is 2.55. The third-order valence-corrected chi connectivity index (χ3v) is 4.06. The summed E-state index contributed by atoms with van der Waals surface area (Å²) in [5.41, 5.74) is 5.80. The van der Waals surface area contributed by atoms with Crippen molar-refractivity contribution in [2.45, 2.75) is 27.3 Å². The Hall–Kier alpha value is -1.02. The van der Waals surface area contributed by atoms with Gasteiger partial charge in [0.15, 0.2) is 0 Å². The zero-order chi connectivity index (χ0) is 14.7. The number of aryl methyl sites for hydroxylation is 2. The van der Waals surface area contributed by atoms with Gasteiger partial charge in [0.1, 0.15) is 0 Å². The zero-order valence-electron chi connectivity index (χ0n) is 12.1. The van der Waals surface area contributed by atoms with Crippen molar-refractivity contribution < 1.29 is 0 Å². The summed E-state index contributed by atoms with van der Waals surface area (Å²) < 4.78 is 0. The molecule has 0 saturated heterocycles. The minimum atomic E-state index is 0.731. The lowest BCUT2D eigenvalue weighted by Gasteiger charge is -2.14. The summed E-state index contributed by atoms with van der Waals surface area (Å²) in [6.45, 7) is 8.01. The molecule has 2 rings (SSSR count). The van der Waals surface area contributed by atoms with Gasteiger partial charge in [-0.25, -0.2) is 0 Å². The molecule has 0 amide bonds. The third kappa shape index (κ3) is 3.35. The van der Waals surface area contributed by atoms with Gasteiger partial charge in [0.2, 0.25) is 0 Å². The van der Waals surface area contributed by atoms with E-state index in [9.17, 15) is 0 Å². The molecule has 0 aliphatic heterocycles. The van der Waals surface area contributed by atoms with Crippen LogP contribution in [0.4, 0.5) is 0 Å². The molecule has 106 valence electrons. The third-order valence-electron chi connectivity index (χ3n) is 3.51. The number of hydrogen-bond donors (Lipinski definition) is 1. The van der Waals surface area contributed by atoms with Crippen molar-refractivity contribution in [3.05, 3.63) is 57.1 Å². The highest BCUT2D eigenvalue weighted by molar-refractivity contribution is 6.34. The van der Waals surface area contributed by atoms with Crippen molar-refractivity contribution in [3.63, 3.8) is 0 Å². The van der Waals surface area contributed by atoms with Gasteiger partial charge >= 0.3 is 0 Å². The van der Waals surface area contributed by atoms with E-state index in [-0.39, 0.29) is 0 Å². The number of rotatable bonds is 4. The molecule has 0 unspecified atom stereocenters. The number of nitrogens with one attached hydrogen (secondary N) is 1. The first kappa shape index (κ1) is 15.4. The van der Waals surface area contributed by atoms with Crippen LogP contribution in [0.5, 0.6) is 0 Å². The number of halogens is 2. The highest BCUT2D eigenvalue weighted by Crippen LogP contribution is 2.34. The monoisotopic (exact) mass is 307 g/mol. The van der Waals surface area contributed by atoms with E-state index in [0.29, 0.717) is 0 Å². The van der Waals surface area contributed by atoms with Crippen LogP contribution in [-0.2, 0) is 6.54 Å². The second-order valence-electron chi connectivity index (χ2n) is 5.00. The average Bonchev–Trinajstić information content (AvgIpc) is 2.41.